The van der Waals surface area contributed by atoms with Crippen molar-refractivity contribution in [3.63, 3.8) is 0 Å². The van der Waals surface area contributed by atoms with Gasteiger partial charge in [-0.3, -0.25) is 9.59 Å². The maximum Gasteiger partial charge on any atom is 0.302 e. The van der Waals surface area contributed by atoms with E-state index >= 15 is 0 Å². The van der Waals surface area contributed by atoms with Gasteiger partial charge in [0.1, 0.15) is 11.9 Å². The van der Waals surface area contributed by atoms with Gasteiger partial charge in [-0.25, -0.2) is 0 Å². The summed E-state index contributed by atoms with van der Waals surface area (Å²) in [5.74, 6) is 3.33. The van der Waals surface area contributed by atoms with Crippen molar-refractivity contribution in [1.82, 2.24) is 0 Å². The summed E-state index contributed by atoms with van der Waals surface area (Å²) in [6.07, 6.45) is 11.1. The first kappa shape index (κ1) is 18.8. The van der Waals surface area contributed by atoms with Crippen LogP contribution in [0.4, 0.5) is 0 Å². The van der Waals surface area contributed by atoms with Gasteiger partial charge in [-0.15, -0.1) is 0 Å². The number of Topliss-reactive ketones (excluding diaryl/α,β-unsaturated/α-hetero) is 1. The molecule has 4 aliphatic carbocycles. The third-order valence-electron chi connectivity index (χ3n) is 7.82. The van der Waals surface area contributed by atoms with Crippen LogP contribution in [0, 0.1) is 29.1 Å². The molecule has 4 nitrogen and oxygen atoms in total. The van der Waals surface area contributed by atoms with Crippen molar-refractivity contribution in [2.75, 3.05) is 6.61 Å². The minimum absolute atomic E-state index is 0.274. The Labute approximate surface area is 162 Å². The number of carbonyl (C=O) groups is 2. The first-order valence-corrected chi connectivity index (χ1v) is 10.7. The van der Waals surface area contributed by atoms with Gasteiger partial charge in [0, 0.05) is 19.8 Å². The number of ketones is 1. The molecule has 0 saturated heterocycles. The lowest BCUT2D eigenvalue weighted by atomic mass is 9.52. The summed E-state index contributed by atoms with van der Waals surface area (Å²) in [6.45, 7) is 6.17. The molecule has 0 amide bonds. The molecule has 0 N–H and O–H groups in total. The van der Waals surface area contributed by atoms with Crippen molar-refractivity contribution in [2.24, 2.45) is 29.1 Å². The van der Waals surface area contributed by atoms with Crippen LogP contribution in [0.15, 0.2) is 23.5 Å². The molecule has 2 fully saturated rings. The van der Waals surface area contributed by atoms with Crippen LogP contribution in [0.2, 0.25) is 0 Å². The number of allylic oxidation sites excluding steroid dienone is 4. The number of ether oxygens (including phenoxy) is 2. The number of carbonyl (C=O) groups excluding carboxylic acids is 2. The van der Waals surface area contributed by atoms with Crippen molar-refractivity contribution in [3.8, 4) is 0 Å². The minimum Gasteiger partial charge on any atom is -0.498 e. The topological polar surface area (TPSA) is 52.6 Å². The summed E-state index contributed by atoms with van der Waals surface area (Å²) in [6, 6.07) is 0. The molecule has 0 aromatic rings. The van der Waals surface area contributed by atoms with Crippen molar-refractivity contribution in [1.29, 1.82) is 0 Å². The van der Waals surface area contributed by atoms with E-state index in [2.05, 4.69) is 12.2 Å². The van der Waals surface area contributed by atoms with Gasteiger partial charge < -0.3 is 9.47 Å². The Morgan fingerprint density at radius 1 is 1.26 bits per heavy atom. The van der Waals surface area contributed by atoms with E-state index in [1.807, 2.05) is 13.8 Å². The summed E-state index contributed by atoms with van der Waals surface area (Å²) < 4.78 is 11.4. The molecule has 0 heterocycles. The van der Waals surface area contributed by atoms with Crippen LogP contribution in [0.25, 0.3) is 0 Å². The minimum atomic E-state index is -0.445. The molecule has 4 rings (SSSR count). The van der Waals surface area contributed by atoms with Crippen LogP contribution < -0.4 is 0 Å². The third kappa shape index (κ3) is 2.96. The van der Waals surface area contributed by atoms with Gasteiger partial charge >= 0.3 is 5.97 Å². The molecule has 0 bridgehead atoms. The Kier molecular flexibility index (Phi) is 4.94. The molecule has 4 heteroatoms. The summed E-state index contributed by atoms with van der Waals surface area (Å²) >= 11 is 0. The van der Waals surface area contributed by atoms with Crippen LogP contribution >= 0.6 is 0 Å². The highest BCUT2D eigenvalue weighted by molar-refractivity contribution is 5.88. The maximum atomic E-state index is 13.0. The average molecular weight is 373 g/mol. The second kappa shape index (κ2) is 7.10. The highest BCUT2D eigenvalue weighted by Gasteiger charge is 2.61. The summed E-state index contributed by atoms with van der Waals surface area (Å²) in [4.78, 5) is 24.6. The normalized spacial score (nSPS) is 38.7. The fraction of sp³-hybridized carbons (Fsp3) is 0.739. The number of rotatable bonds is 4. The average Bonchev–Trinajstić information content (AvgIpc) is 2.99. The molecule has 0 aromatic carbocycles. The SMILES string of the molecule is CCOC1=CC2=CC[C@@H]3[C@H](CC[C@]4(C(C)OC(C)=O)C(=O)CC[C@@H]34)[C@H]2CC1. The molecule has 27 heavy (non-hydrogen) atoms. The molecule has 4 aliphatic rings. The zero-order valence-electron chi connectivity index (χ0n) is 16.8. The highest BCUT2D eigenvalue weighted by Crippen LogP contribution is 2.61. The van der Waals surface area contributed by atoms with Crippen LogP contribution in [-0.2, 0) is 19.1 Å². The lowest BCUT2D eigenvalue weighted by Crippen LogP contribution is -2.53. The summed E-state index contributed by atoms with van der Waals surface area (Å²) in [7, 11) is 0. The van der Waals surface area contributed by atoms with Crippen molar-refractivity contribution >= 4 is 11.8 Å². The Hall–Kier alpha value is -1.58. The van der Waals surface area contributed by atoms with Crippen molar-refractivity contribution < 1.29 is 19.1 Å². The predicted octanol–water partition coefficient (Wildman–Crippen LogP) is 4.59. The monoisotopic (exact) mass is 372 g/mol. The lowest BCUT2D eigenvalue weighted by molar-refractivity contribution is -0.164. The predicted molar refractivity (Wildman–Crippen MR) is 103 cm³/mol. The molecule has 0 aromatic heterocycles. The van der Waals surface area contributed by atoms with Crippen molar-refractivity contribution in [3.05, 3.63) is 23.5 Å². The van der Waals surface area contributed by atoms with Crippen LogP contribution in [0.3, 0.4) is 0 Å². The van der Waals surface area contributed by atoms with E-state index in [0.717, 1.165) is 50.9 Å². The fourth-order valence-electron chi connectivity index (χ4n) is 6.82. The number of fused-ring (bicyclic) bond motifs is 5. The molecule has 2 saturated carbocycles. The van der Waals surface area contributed by atoms with Gasteiger partial charge in [0.25, 0.3) is 0 Å². The Bertz CT molecular complexity index is 690. The summed E-state index contributed by atoms with van der Waals surface area (Å²) in [5.41, 5.74) is 1.01. The fourth-order valence-corrected chi connectivity index (χ4v) is 6.82. The molecular formula is C23H32O4. The van der Waals surface area contributed by atoms with Gasteiger partial charge in [0.15, 0.2) is 0 Å². The zero-order valence-corrected chi connectivity index (χ0v) is 16.8. The van der Waals surface area contributed by atoms with Gasteiger partial charge in [0.2, 0.25) is 0 Å². The zero-order chi connectivity index (χ0) is 19.2. The number of hydrogen-bond donors (Lipinski definition) is 0. The van der Waals surface area contributed by atoms with E-state index in [1.165, 1.54) is 12.5 Å². The van der Waals surface area contributed by atoms with Crippen LogP contribution in [0.5, 0.6) is 0 Å². The largest absolute Gasteiger partial charge is 0.498 e. The second-order valence-corrected chi connectivity index (χ2v) is 8.86. The smallest absolute Gasteiger partial charge is 0.302 e. The highest BCUT2D eigenvalue weighted by atomic mass is 16.5. The molecule has 0 spiro atoms. The maximum absolute atomic E-state index is 13.0. The van der Waals surface area contributed by atoms with Crippen molar-refractivity contribution in [2.45, 2.75) is 71.8 Å². The van der Waals surface area contributed by atoms with E-state index < -0.39 is 5.41 Å². The standard InChI is InChI=1S/C23H32O4/c1-4-26-17-6-8-18-16(13-17)5-7-20-19(18)11-12-23(14(2)27-15(3)24)21(20)9-10-22(23)25/h5,13-14,18-21H,4,6-12H2,1-3H3/t14?,18-,19+,20+,21-,23+/m0/s1. The van der Waals surface area contributed by atoms with E-state index in [0.29, 0.717) is 35.9 Å². The molecule has 6 atom stereocenters. The third-order valence-corrected chi connectivity index (χ3v) is 7.82. The first-order chi connectivity index (χ1) is 13.0. The Balaban J connectivity index is 1.61. The van der Waals surface area contributed by atoms with E-state index in [4.69, 9.17) is 9.47 Å². The van der Waals surface area contributed by atoms with Crippen LogP contribution in [-0.4, -0.2) is 24.5 Å². The molecule has 1 unspecified atom stereocenters. The van der Waals surface area contributed by atoms with Gasteiger partial charge in [-0.1, -0.05) is 6.08 Å². The first-order valence-electron chi connectivity index (χ1n) is 10.7. The molecular weight excluding hydrogens is 340 g/mol. The quantitative estimate of drug-likeness (QED) is 0.677. The molecule has 148 valence electrons. The van der Waals surface area contributed by atoms with E-state index in [9.17, 15) is 9.59 Å². The van der Waals surface area contributed by atoms with Gasteiger partial charge in [-0.05, 0) is 81.3 Å². The van der Waals surface area contributed by atoms with E-state index in [-0.39, 0.29) is 12.1 Å². The second-order valence-electron chi connectivity index (χ2n) is 8.86. The van der Waals surface area contributed by atoms with Gasteiger partial charge in [0.05, 0.1) is 17.8 Å². The number of esters is 1. The van der Waals surface area contributed by atoms with Gasteiger partial charge in [-0.2, -0.15) is 0 Å². The molecule has 0 aliphatic heterocycles. The molecule has 0 radical (unpaired) electrons. The van der Waals surface area contributed by atoms with E-state index in [1.54, 1.807) is 0 Å². The Morgan fingerprint density at radius 2 is 2.07 bits per heavy atom. The van der Waals surface area contributed by atoms with Crippen LogP contribution in [0.1, 0.15) is 65.7 Å². The lowest BCUT2D eigenvalue weighted by Gasteiger charge is -2.53. The Morgan fingerprint density at radius 3 is 2.81 bits per heavy atom. The number of hydrogen-bond acceptors (Lipinski definition) is 4. The summed E-state index contributed by atoms with van der Waals surface area (Å²) in [5, 5.41) is 0.